The van der Waals surface area contributed by atoms with Crippen molar-refractivity contribution in [1.82, 2.24) is 5.32 Å². The quantitative estimate of drug-likeness (QED) is 0.568. The summed E-state index contributed by atoms with van der Waals surface area (Å²) in [6, 6.07) is 7.93. The number of hydrogen-bond donors (Lipinski definition) is 1. The minimum atomic E-state index is -0.195. The van der Waals surface area contributed by atoms with Crippen LogP contribution in [0.15, 0.2) is 24.3 Å². The summed E-state index contributed by atoms with van der Waals surface area (Å²) in [4.78, 5) is 10.9. The number of carbonyl (C=O) groups is 1. The molecule has 0 aliphatic rings. The van der Waals surface area contributed by atoms with E-state index in [-0.39, 0.29) is 5.97 Å². The van der Waals surface area contributed by atoms with E-state index in [4.69, 9.17) is 4.74 Å². The molecule has 0 fully saturated rings. The van der Waals surface area contributed by atoms with Crippen molar-refractivity contribution in [2.24, 2.45) is 0 Å². The summed E-state index contributed by atoms with van der Waals surface area (Å²) in [5.74, 6) is 0.683. The van der Waals surface area contributed by atoms with Crippen molar-refractivity contribution < 1.29 is 14.3 Å². The Balaban J connectivity index is 2.38. The fraction of sp³-hybridized carbons (Fsp3) is 0.500. The molecule has 4 nitrogen and oxygen atoms in total. The SMILES string of the molecule is CCNCc1ccccc1OCCCC(=O)OC. The summed E-state index contributed by atoms with van der Waals surface area (Å²) in [5.41, 5.74) is 1.14. The third kappa shape index (κ3) is 5.19. The highest BCUT2D eigenvalue weighted by Gasteiger charge is 2.03. The van der Waals surface area contributed by atoms with Gasteiger partial charge in [-0.1, -0.05) is 25.1 Å². The molecule has 1 aromatic rings. The van der Waals surface area contributed by atoms with Gasteiger partial charge >= 0.3 is 5.97 Å². The van der Waals surface area contributed by atoms with Crippen molar-refractivity contribution in [3.63, 3.8) is 0 Å². The van der Waals surface area contributed by atoms with Crippen LogP contribution < -0.4 is 10.1 Å². The third-order valence-corrected chi connectivity index (χ3v) is 2.55. The second-order valence-electron chi connectivity index (χ2n) is 3.92. The zero-order chi connectivity index (χ0) is 13.2. The second-order valence-corrected chi connectivity index (χ2v) is 3.92. The van der Waals surface area contributed by atoms with Crippen LogP contribution in [-0.2, 0) is 16.1 Å². The molecule has 18 heavy (non-hydrogen) atoms. The Morgan fingerprint density at radius 3 is 2.83 bits per heavy atom. The van der Waals surface area contributed by atoms with Gasteiger partial charge in [-0.25, -0.2) is 0 Å². The molecule has 0 heterocycles. The summed E-state index contributed by atoms with van der Waals surface area (Å²) in [5, 5.41) is 3.27. The smallest absolute Gasteiger partial charge is 0.305 e. The molecule has 0 saturated heterocycles. The molecule has 0 atom stereocenters. The van der Waals surface area contributed by atoms with E-state index in [2.05, 4.69) is 17.0 Å². The summed E-state index contributed by atoms with van der Waals surface area (Å²) < 4.78 is 10.3. The highest BCUT2D eigenvalue weighted by atomic mass is 16.5. The molecule has 0 radical (unpaired) electrons. The summed E-state index contributed by atoms with van der Waals surface area (Å²) in [6.07, 6.45) is 1.06. The van der Waals surface area contributed by atoms with Gasteiger partial charge in [0.2, 0.25) is 0 Å². The Hall–Kier alpha value is -1.55. The van der Waals surface area contributed by atoms with Gasteiger partial charge < -0.3 is 14.8 Å². The third-order valence-electron chi connectivity index (χ3n) is 2.55. The lowest BCUT2D eigenvalue weighted by Crippen LogP contribution is -2.13. The number of esters is 1. The van der Waals surface area contributed by atoms with E-state index in [0.29, 0.717) is 19.4 Å². The maximum absolute atomic E-state index is 10.9. The first-order chi connectivity index (χ1) is 8.77. The highest BCUT2D eigenvalue weighted by molar-refractivity contribution is 5.69. The Morgan fingerprint density at radius 2 is 2.11 bits per heavy atom. The van der Waals surface area contributed by atoms with Crippen LogP contribution in [0.2, 0.25) is 0 Å². The minimum absolute atomic E-state index is 0.195. The maximum atomic E-state index is 10.9. The number of benzene rings is 1. The van der Waals surface area contributed by atoms with Crippen LogP contribution in [0.3, 0.4) is 0 Å². The van der Waals surface area contributed by atoms with E-state index in [9.17, 15) is 4.79 Å². The van der Waals surface area contributed by atoms with Crippen molar-refractivity contribution in [1.29, 1.82) is 0 Å². The standard InChI is InChI=1S/C14H21NO3/c1-3-15-11-12-7-4-5-8-13(12)18-10-6-9-14(16)17-2/h4-5,7-8,15H,3,6,9-11H2,1-2H3. The predicted octanol–water partition coefficient (Wildman–Crippen LogP) is 2.13. The predicted molar refractivity (Wildman–Crippen MR) is 70.6 cm³/mol. The van der Waals surface area contributed by atoms with Crippen LogP contribution in [0.25, 0.3) is 0 Å². The number of rotatable bonds is 8. The van der Waals surface area contributed by atoms with Gasteiger partial charge in [0.05, 0.1) is 13.7 Å². The molecule has 0 spiro atoms. The summed E-state index contributed by atoms with van der Waals surface area (Å²) in [6.45, 7) is 4.32. The first-order valence-electron chi connectivity index (χ1n) is 6.26. The fourth-order valence-electron chi connectivity index (χ4n) is 1.55. The zero-order valence-electron chi connectivity index (χ0n) is 11.1. The van der Waals surface area contributed by atoms with Crippen LogP contribution >= 0.6 is 0 Å². The van der Waals surface area contributed by atoms with Gasteiger partial charge in [0.15, 0.2) is 0 Å². The first kappa shape index (κ1) is 14.5. The molecular weight excluding hydrogens is 230 g/mol. The first-order valence-corrected chi connectivity index (χ1v) is 6.26. The van der Waals surface area contributed by atoms with Crippen molar-refractivity contribution in [3.8, 4) is 5.75 Å². The molecule has 1 N–H and O–H groups in total. The normalized spacial score (nSPS) is 10.1. The van der Waals surface area contributed by atoms with E-state index < -0.39 is 0 Å². The molecule has 0 unspecified atom stereocenters. The molecule has 1 rings (SSSR count). The number of ether oxygens (including phenoxy) is 2. The van der Waals surface area contributed by atoms with Gasteiger partial charge in [0.1, 0.15) is 5.75 Å². The summed E-state index contributed by atoms with van der Waals surface area (Å²) >= 11 is 0. The second kappa shape index (κ2) is 8.53. The largest absolute Gasteiger partial charge is 0.493 e. The lowest BCUT2D eigenvalue weighted by Gasteiger charge is -2.11. The van der Waals surface area contributed by atoms with Gasteiger partial charge in [0.25, 0.3) is 0 Å². The maximum Gasteiger partial charge on any atom is 0.305 e. The number of methoxy groups -OCH3 is 1. The Bertz CT molecular complexity index is 366. The fourth-order valence-corrected chi connectivity index (χ4v) is 1.55. The number of carbonyl (C=O) groups excluding carboxylic acids is 1. The van der Waals surface area contributed by atoms with Crippen molar-refractivity contribution in [2.75, 3.05) is 20.3 Å². The molecule has 0 aromatic heterocycles. The average Bonchev–Trinajstić information content (AvgIpc) is 2.42. The zero-order valence-corrected chi connectivity index (χ0v) is 11.1. The molecule has 0 saturated carbocycles. The van der Waals surface area contributed by atoms with Gasteiger partial charge in [0, 0.05) is 18.5 Å². The van der Waals surface area contributed by atoms with Gasteiger partial charge in [-0.3, -0.25) is 4.79 Å². The number of para-hydroxylation sites is 1. The molecule has 0 aliphatic heterocycles. The monoisotopic (exact) mass is 251 g/mol. The molecule has 100 valence electrons. The number of hydrogen-bond acceptors (Lipinski definition) is 4. The minimum Gasteiger partial charge on any atom is -0.493 e. The van der Waals surface area contributed by atoms with Crippen LogP contribution in [0.5, 0.6) is 5.75 Å². The van der Waals surface area contributed by atoms with E-state index in [1.165, 1.54) is 7.11 Å². The van der Waals surface area contributed by atoms with Gasteiger partial charge in [-0.05, 0) is 19.0 Å². The van der Waals surface area contributed by atoms with Crippen LogP contribution in [0.1, 0.15) is 25.3 Å². The van der Waals surface area contributed by atoms with Crippen molar-refractivity contribution in [3.05, 3.63) is 29.8 Å². The van der Waals surface area contributed by atoms with Crippen LogP contribution in [0, 0.1) is 0 Å². The Labute approximate surface area is 108 Å². The van der Waals surface area contributed by atoms with Crippen molar-refractivity contribution in [2.45, 2.75) is 26.3 Å². The molecule has 0 amide bonds. The number of nitrogens with one attached hydrogen (secondary N) is 1. The van der Waals surface area contributed by atoms with Gasteiger partial charge in [-0.15, -0.1) is 0 Å². The van der Waals surface area contributed by atoms with Crippen molar-refractivity contribution >= 4 is 5.97 Å². The highest BCUT2D eigenvalue weighted by Crippen LogP contribution is 2.17. The topological polar surface area (TPSA) is 47.6 Å². The summed E-state index contributed by atoms with van der Waals surface area (Å²) in [7, 11) is 1.40. The average molecular weight is 251 g/mol. The van der Waals surface area contributed by atoms with E-state index in [1.807, 2.05) is 24.3 Å². The molecule has 0 aliphatic carbocycles. The Morgan fingerprint density at radius 1 is 1.33 bits per heavy atom. The van der Waals surface area contributed by atoms with E-state index >= 15 is 0 Å². The van der Waals surface area contributed by atoms with E-state index in [1.54, 1.807) is 0 Å². The van der Waals surface area contributed by atoms with Crippen LogP contribution in [-0.4, -0.2) is 26.2 Å². The molecule has 1 aromatic carbocycles. The molecule has 4 heteroatoms. The Kier molecular flexibility index (Phi) is 6.87. The lowest BCUT2D eigenvalue weighted by atomic mass is 10.2. The van der Waals surface area contributed by atoms with E-state index in [0.717, 1.165) is 24.4 Å². The van der Waals surface area contributed by atoms with Gasteiger partial charge in [-0.2, -0.15) is 0 Å². The molecule has 0 bridgehead atoms. The lowest BCUT2D eigenvalue weighted by molar-refractivity contribution is -0.140. The van der Waals surface area contributed by atoms with Crippen LogP contribution in [0.4, 0.5) is 0 Å². The molecular formula is C14H21NO3.